The predicted molar refractivity (Wildman–Crippen MR) is 112 cm³/mol. The SMILES string of the molecule is CCN1NC(c2ccncn2)C2=C1OC(N)=C(C#N)C2c1ccc(-n2ccnc2)cc1. The van der Waals surface area contributed by atoms with Gasteiger partial charge in [0.25, 0.3) is 0 Å². The van der Waals surface area contributed by atoms with Crippen molar-refractivity contribution in [2.24, 2.45) is 5.73 Å². The number of aromatic nitrogens is 4. The van der Waals surface area contributed by atoms with Crippen LogP contribution in [0.25, 0.3) is 5.69 Å². The highest BCUT2D eigenvalue weighted by Gasteiger charge is 2.44. The number of nitriles is 1. The van der Waals surface area contributed by atoms with Crippen molar-refractivity contribution in [3.63, 3.8) is 0 Å². The Bertz CT molecular complexity index is 1190. The molecule has 0 saturated heterocycles. The number of nitrogens with zero attached hydrogens (tertiary/aromatic N) is 6. The van der Waals surface area contributed by atoms with Gasteiger partial charge in [-0.2, -0.15) is 5.26 Å². The fraction of sp³-hybridized carbons (Fsp3) is 0.182. The van der Waals surface area contributed by atoms with Crippen molar-refractivity contribution in [1.82, 2.24) is 30.0 Å². The summed E-state index contributed by atoms with van der Waals surface area (Å²) in [7, 11) is 0. The summed E-state index contributed by atoms with van der Waals surface area (Å²) in [5.74, 6) is 0.370. The van der Waals surface area contributed by atoms with Crippen LogP contribution >= 0.6 is 0 Å². The normalized spacial score (nSPS) is 20.5. The molecule has 3 N–H and O–H groups in total. The molecule has 0 saturated carbocycles. The largest absolute Gasteiger partial charge is 0.423 e. The van der Waals surface area contributed by atoms with Crippen molar-refractivity contribution < 1.29 is 4.74 Å². The van der Waals surface area contributed by atoms with E-state index in [4.69, 9.17) is 10.5 Å². The minimum Gasteiger partial charge on any atom is -0.423 e. The highest BCUT2D eigenvalue weighted by Crippen LogP contribution is 2.48. The number of allylic oxidation sites excluding steroid dienone is 1. The fourth-order valence-electron chi connectivity index (χ4n) is 4.07. The van der Waals surface area contributed by atoms with Crippen molar-refractivity contribution in [2.75, 3.05) is 6.54 Å². The van der Waals surface area contributed by atoms with Crippen LogP contribution in [0.2, 0.25) is 0 Å². The zero-order valence-corrected chi connectivity index (χ0v) is 16.8. The molecule has 0 radical (unpaired) electrons. The van der Waals surface area contributed by atoms with Gasteiger partial charge in [0, 0.05) is 36.4 Å². The Morgan fingerprint density at radius 1 is 1.19 bits per heavy atom. The maximum Gasteiger partial charge on any atom is 0.214 e. The number of hydrogen-bond acceptors (Lipinski definition) is 8. The highest BCUT2D eigenvalue weighted by atomic mass is 16.5. The molecule has 154 valence electrons. The third-order valence-electron chi connectivity index (χ3n) is 5.53. The number of ether oxygens (including phenoxy) is 1. The van der Waals surface area contributed by atoms with E-state index in [1.165, 1.54) is 6.33 Å². The van der Waals surface area contributed by atoms with Gasteiger partial charge in [-0.3, -0.25) is 5.01 Å². The summed E-state index contributed by atoms with van der Waals surface area (Å²) in [5.41, 5.74) is 13.6. The van der Waals surface area contributed by atoms with Gasteiger partial charge in [-0.1, -0.05) is 12.1 Å². The summed E-state index contributed by atoms with van der Waals surface area (Å²) >= 11 is 0. The van der Waals surface area contributed by atoms with Crippen molar-refractivity contribution in [1.29, 1.82) is 5.26 Å². The zero-order valence-electron chi connectivity index (χ0n) is 16.8. The topological polar surface area (TPSA) is 118 Å². The van der Waals surface area contributed by atoms with Crippen LogP contribution in [0, 0.1) is 11.3 Å². The third kappa shape index (κ3) is 3.10. The van der Waals surface area contributed by atoms with Gasteiger partial charge in [0.2, 0.25) is 11.8 Å². The summed E-state index contributed by atoms with van der Waals surface area (Å²) in [4.78, 5) is 12.6. The molecule has 9 nitrogen and oxygen atoms in total. The number of nitrogens with two attached hydrogens (primary N) is 1. The lowest BCUT2D eigenvalue weighted by atomic mass is 9.80. The molecule has 0 bridgehead atoms. The van der Waals surface area contributed by atoms with Crippen LogP contribution in [0.3, 0.4) is 0 Å². The molecule has 2 atom stereocenters. The lowest BCUT2D eigenvalue weighted by Crippen LogP contribution is -2.34. The average Bonchev–Trinajstić information content (AvgIpc) is 3.47. The molecule has 9 heteroatoms. The fourth-order valence-corrected chi connectivity index (χ4v) is 4.07. The molecule has 0 aliphatic carbocycles. The Labute approximate surface area is 179 Å². The molecule has 2 unspecified atom stereocenters. The Morgan fingerprint density at radius 2 is 2.03 bits per heavy atom. The first-order valence-electron chi connectivity index (χ1n) is 9.90. The smallest absolute Gasteiger partial charge is 0.214 e. The van der Waals surface area contributed by atoms with E-state index in [9.17, 15) is 5.26 Å². The van der Waals surface area contributed by atoms with E-state index in [-0.39, 0.29) is 17.8 Å². The van der Waals surface area contributed by atoms with E-state index < -0.39 is 0 Å². The molecule has 5 rings (SSSR count). The van der Waals surface area contributed by atoms with Crippen LogP contribution < -0.4 is 11.2 Å². The van der Waals surface area contributed by atoms with E-state index in [2.05, 4.69) is 26.4 Å². The molecule has 31 heavy (non-hydrogen) atoms. The second-order valence-electron chi connectivity index (χ2n) is 7.19. The Hall–Kier alpha value is -4.16. The second kappa shape index (κ2) is 7.59. The number of hydrazine groups is 1. The number of benzene rings is 1. The Morgan fingerprint density at radius 3 is 2.68 bits per heavy atom. The number of nitrogens with one attached hydrogen (secondary N) is 1. The number of imidazole rings is 1. The van der Waals surface area contributed by atoms with Crippen LogP contribution in [0.4, 0.5) is 0 Å². The maximum absolute atomic E-state index is 9.94. The summed E-state index contributed by atoms with van der Waals surface area (Å²) in [5, 5.41) is 11.8. The molecule has 0 spiro atoms. The van der Waals surface area contributed by atoms with Gasteiger partial charge >= 0.3 is 0 Å². The molecule has 2 aromatic heterocycles. The van der Waals surface area contributed by atoms with Crippen molar-refractivity contribution >= 4 is 0 Å². The van der Waals surface area contributed by atoms with Crippen LogP contribution in [0.5, 0.6) is 0 Å². The van der Waals surface area contributed by atoms with Crippen LogP contribution in [-0.2, 0) is 4.74 Å². The minimum atomic E-state index is -0.366. The van der Waals surface area contributed by atoms with E-state index in [1.807, 2.05) is 53.0 Å². The summed E-state index contributed by atoms with van der Waals surface area (Å²) in [6.07, 6.45) is 8.57. The number of rotatable bonds is 4. The minimum absolute atomic E-state index is 0.119. The predicted octanol–water partition coefficient (Wildman–Crippen LogP) is 2.26. The van der Waals surface area contributed by atoms with Gasteiger partial charge in [-0.25, -0.2) is 20.4 Å². The summed E-state index contributed by atoms with van der Waals surface area (Å²) in [6.45, 7) is 2.67. The molecule has 4 heterocycles. The quantitative estimate of drug-likeness (QED) is 0.670. The number of hydrogen-bond donors (Lipinski definition) is 2. The zero-order chi connectivity index (χ0) is 21.4. The maximum atomic E-state index is 9.94. The third-order valence-corrected chi connectivity index (χ3v) is 5.53. The van der Waals surface area contributed by atoms with E-state index in [0.717, 1.165) is 22.5 Å². The first kappa shape index (κ1) is 18.8. The van der Waals surface area contributed by atoms with Crippen LogP contribution in [0.15, 0.2) is 84.5 Å². The van der Waals surface area contributed by atoms with E-state index in [1.54, 1.807) is 18.7 Å². The monoisotopic (exact) mass is 412 g/mol. The summed E-state index contributed by atoms with van der Waals surface area (Å²) < 4.78 is 7.85. The lowest BCUT2D eigenvalue weighted by molar-refractivity contribution is 0.133. The molecular formula is C22H20N8O. The van der Waals surface area contributed by atoms with Gasteiger partial charge in [0.15, 0.2) is 0 Å². The van der Waals surface area contributed by atoms with Crippen molar-refractivity contribution in [2.45, 2.75) is 18.9 Å². The highest BCUT2D eigenvalue weighted by molar-refractivity contribution is 5.53. The molecule has 0 amide bonds. The molecule has 0 fully saturated rings. The first-order chi connectivity index (χ1) is 15.2. The van der Waals surface area contributed by atoms with Crippen molar-refractivity contribution in [3.8, 4) is 11.8 Å². The molecule has 1 aromatic carbocycles. The first-order valence-corrected chi connectivity index (χ1v) is 9.90. The standard InChI is InChI=1S/C22H20N8O/c1-2-30-22-19(20(28-30)17-7-8-25-12-27-17)18(16(11-23)21(24)31-22)14-3-5-15(6-4-14)29-10-9-26-13-29/h3-10,12-13,18,20,28H,2,24H2,1H3. The van der Waals surface area contributed by atoms with E-state index in [0.29, 0.717) is 18.0 Å². The van der Waals surface area contributed by atoms with Crippen LogP contribution in [0.1, 0.15) is 30.1 Å². The van der Waals surface area contributed by atoms with Gasteiger partial charge in [-0.05, 0) is 30.7 Å². The molecular weight excluding hydrogens is 392 g/mol. The van der Waals surface area contributed by atoms with Crippen LogP contribution in [-0.4, -0.2) is 31.1 Å². The molecule has 2 aliphatic rings. The van der Waals surface area contributed by atoms with Gasteiger partial charge in [0.1, 0.15) is 18.0 Å². The Kier molecular flexibility index (Phi) is 4.61. The van der Waals surface area contributed by atoms with Gasteiger partial charge in [0.05, 0.1) is 24.0 Å². The Balaban J connectivity index is 1.63. The average molecular weight is 412 g/mol. The lowest BCUT2D eigenvalue weighted by Gasteiger charge is -2.28. The van der Waals surface area contributed by atoms with E-state index >= 15 is 0 Å². The van der Waals surface area contributed by atoms with Gasteiger partial charge < -0.3 is 15.0 Å². The van der Waals surface area contributed by atoms with Gasteiger partial charge in [-0.15, -0.1) is 0 Å². The molecule has 2 aliphatic heterocycles. The molecule has 3 aromatic rings. The second-order valence-corrected chi connectivity index (χ2v) is 7.19. The van der Waals surface area contributed by atoms with Crippen molar-refractivity contribution in [3.05, 3.63) is 95.7 Å². The summed E-state index contributed by atoms with van der Waals surface area (Å²) in [6, 6.07) is 11.9.